The normalized spacial score (nSPS) is 12.5. The fourth-order valence-electron chi connectivity index (χ4n) is 3.58. The molecule has 24 heavy (non-hydrogen) atoms. The SMILES string of the molecule is CCC[CH2][Sn]([CH2]CCC)([CH2]CCC)[CH2]c1ccc(S(C)(=O)=O)cc1. The van der Waals surface area contributed by atoms with Gasteiger partial charge in [0.05, 0.1) is 0 Å². The van der Waals surface area contributed by atoms with E-state index >= 15 is 0 Å². The van der Waals surface area contributed by atoms with Crippen LogP contribution in [0.5, 0.6) is 0 Å². The Kier molecular flexibility index (Phi) is 9.95. The van der Waals surface area contributed by atoms with Gasteiger partial charge in [0, 0.05) is 0 Å². The van der Waals surface area contributed by atoms with E-state index in [1.807, 2.05) is 0 Å². The molecule has 0 radical (unpaired) electrons. The van der Waals surface area contributed by atoms with Gasteiger partial charge >= 0.3 is 155 Å². The van der Waals surface area contributed by atoms with Crippen LogP contribution in [0.2, 0.25) is 13.3 Å². The summed E-state index contributed by atoms with van der Waals surface area (Å²) in [7, 11) is -3.09. The standard InChI is InChI=1S/C8H9O2S.3C4H9.Sn/c1-7-3-5-8(6-4-7)11(2,9)10;3*1-3-4-2;/h3-6H,1H2,2H3;3*1,3-4H2,2H3;. The van der Waals surface area contributed by atoms with Gasteiger partial charge in [0.15, 0.2) is 0 Å². The Labute approximate surface area is 154 Å². The number of sulfone groups is 1. The number of hydrogen-bond acceptors (Lipinski definition) is 2. The Bertz CT molecular complexity index is 542. The number of rotatable bonds is 12. The first-order chi connectivity index (χ1) is 11.4. The van der Waals surface area contributed by atoms with E-state index in [1.165, 1.54) is 68.1 Å². The van der Waals surface area contributed by atoms with Crippen molar-refractivity contribution < 1.29 is 8.42 Å². The summed E-state index contributed by atoms with van der Waals surface area (Å²) in [6.07, 6.45) is 9.31. The number of unbranched alkanes of at least 4 members (excludes halogenated alkanes) is 3. The Morgan fingerprint density at radius 3 is 1.54 bits per heavy atom. The zero-order valence-electron chi connectivity index (χ0n) is 16.1. The van der Waals surface area contributed by atoms with Crippen molar-refractivity contribution in [1.29, 1.82) is 0 Å². The van der Waals surface area contributed by atoms with Crippen LogP contribution < -0.4 is 0 Å². The summed E-state index contributed by atoms with van der Waals surface area (Å²) in [5, 5.41) is 0. The third kappa shape index (κ3) is 7.47. The molecule has 1 aromatic carbocycles. The molecule has 0 aliphatic carbocycles. The van der Waals surface area contributed by atoms with Crippen molar-refractivity contribution in [2.75, 3.05) is 6.26 Å². The molecule has 0 saturated heterocycles. The van der Waals surface area contributed by atoms with Crippen LogP contribution in [0.1, 0.15) is 64.9 Å². The molecule has 4 heteroatoms. The van der Waals surface area contributed by atoms with Crippen LogP contribution in [0.25, 0.3) is 0 Å². The van der Waals surface area contributed by atoms with Gasteiger partial charge in [-0.15, -0.1) is 0 Å². The third-order valence-corrected chi connectivity index (χ3v) is 21.7. The predicted molar refractivity (Wildman–Crippen MR) is 108 cm³/mol. The Morgan fingerprint density at radius 2 is 1.21 bits per heavy atom. The summed E-state index contributed by atoms with van der Waals surface area (Å²) >= 11 is -2.18. The molecule has 0 bridgehead atoms. The zero-order valence-corrected chi connectivity index (χ0v) is 19.8. The van der Waals surface area contributed by atoms with E-state index in [0.29, 0.717) is 4.90 Å². The minimum absolute atomic E-state index is 0.447. The first kappa shape index (κ1) is 22.0. The summed E-state index contributed by atoms with van der Waals surface area (Å²) in [6, 6.07) is 7.76. The van der Waals surface area contributed by atoms with E-state index in [2.05, 4.69) is 32.9 Å². The molecular formula is C20H36O2SSn. The van der Waals surface area contributed by atoms with Crippen LogP contribution in [0.3, 0.4) is 0 Å². The summed E-state index contributed by atoms with van der Waals surface area (Å²) < 4.78 is 29.1. The molecule has 0 amide bonds. The summed E-state index contributed by atoms with van der Waals surface area (Å²) in [5.41, 5.74) is 1.38. The average Bonchev–Trinajstić information content (AvgIpc) is 2.56. The maximum absolute atomic E-state index is 11.7. The molecule has 0 aliphatic heterocycles. The van der Waals surface area contributed by atoms with Crippen LogP contribution in [-0.2, 0) is 14.3 Å². The number of hydrogen-bond donors (Lipinski definition) is 0. The molecule has 0 aromatic heterocycles. The van der Waals surface area contributed by atoms with Gasteiger partial charge in [-0.3, -0.25) is 0 Å². The van der Waals surface area contributed by atoms with Crippen molar-refractivity contribution in [2.24, 2.45) is 0 Å². The predicted octanol–water partition coefficient (Wildman–Crippen LogP) is 6.02. The van der Waals surface area contributed by atoms with Gasteiger partial charge < -0.3 is 0 Å². The van der Waals surface area contributed by atoms with Crippen molar-refractivity contribution in [1.82, 2.24) is 0 Å². The number of benzene rings is 1. The van der Waals surface area contributed by atoms with E-state index in [4.69, 9.17) is 0 Å². The molecule has 0 heterocycles. The van der Waals surface area contributed by atoms with Crippen LogP contribution in [0.15, 0.2) is 29.2 Å². The first-order valence-corrected chi connectivity index (χ1v) is 19.6. The van der Waals surface area contributed by atoms with Crippen molar-refractivity contribution in [3.05, 3.63) is 29.8 Å². The fourth-order valence-corrected chi connectivity index (χ4v) is 20.5. The van der Waals surface area contributed by atoms with E-state index in [1.54, 1.807) is 12.1 Å². The maximum atomic E-state index is 11.7. The molecule has 0 unspecified atom stereocenters. The van der Waals surface area contributed by atoms with Gasteiger partial charge in [-0.05, 0) is 0 Å². The molecule has 138 valence electrons. The Balaban J connectivity index is 2.99. The van der Waals surface area contributed by atoms with E-state index in [9.17, 15) is 8.42 Å². The van der Waals surface area contributed by atoms with Crippen LogP contribution in [0.4, 0.5) is 0 Å². The molecule has 0 atom stereocenters. The van der Waals surface area contributed by atoms with Gasteiger partial charge in [-0.25, -0.2) is 0 Å². The fraction of sp³-hybridized carbons (Fsp3) is 0.700. The molecule has 1 rings (SSSR count). The minimum atomic E-state index is -3.09. The van der Waals surface area contributed by atoms with Crippen molar-refractivity contribution in [3.63, 3.8) is 0 Å². The van der Waals surface area contributed by atoms with Gasteiger partial charge in [0.1, 0.15) is 0 Å². The molecule has 1 aromatic rings. The molecular weight excluding hydrogens is 423 g/mol. The molecule has 0 saturated carbocycles. The molecule has 0 N–H and O–H groups in total. The zero-order chi connectivity index (χ0) is 18.1. The first-order valence-electron chi connectivity index (χ1n) is 9.66. The second-order valence-electron chi connectivity index (χ2n) is 7.40. The van der Waals surface area contributed by atoms with Gasteiger partial charge in [-0.2, -0.15) is 0 Å². The van der Waals surface area contributed by atoms with Gasteiger partial charge in [0.2, 0.25) is 0 Å². The van der Waals surface area contributed by atoms with E-state index in [0.717, 1.165) is 0 Å². The second kappa shape index (κ2) is 10.8. The van der Waals surface area contributed by atoms with Gasteiger partial charge in [-0.1, -0.05) is 0 Å². The summed E-state index contributed by atoms with van der Waals surface area (Å²) in [4.78, 5) is 0.447. The summed E-state index contributed by atoms with van der Waals surface area (Å²) in [5.74, 6) is 0. The monoisotopic (exact) mass is 460 g/mol. The molecule has 2 nitrogen and oxygen atoms in total. The average molecular weight is 459 g/mol. The Morgan fingerprint density at radius 1 is 0.792 bits per heavy atom. The van der Waals surface area contributed by atoms with Crippen molar-refractivity contribution >= 4 is 28.2 Å². The van der Waals surface area contributed by atoms with Crippen molar-refractivity contribution in [2.45, 2.75) is 81.9 Å². The molecule has 0 fully saturated rings. The molecule has 0 aliphatic rings. The van der Waals surface area contributed by atoms with Crippen LogP contribution in [-0.4, -0.2) is 33.1 Å². The van der Waals surface area contributed by atoms with E-state index < -0.39 is 28.2 Å². The Hall–Kier alpha value is -0.0313. The van der Waals surface area contributed by atoms with Crippen LogP contribution in [0, 0.1) is 0 Å². The quantitative estimate of drug-likeness (QED) is 0.358. The van der Waals surface area contributed by atoms with Crippen molar-refractivity contribution in [3.8, 4) is 0 Å². The van der Waals surface area contributed by atoms with E-state index in [-0.39, 0.29) is 0 Å². The molecule has 0 spiro atoms. The third-order valence-electron chi connectivity index (χ3n) is 5.11. The summed E-state index contributed by atoms with van der Waals surface area (Å²) in [6.45, 7) is 6.91. The van der Waals surface area contributed by atoms with Gasteiger partial charge in [0.25, 0.3) is 0 Å². The topological polar surface area (TPSA) is 34.1 Å². The van der Waals surface area contributed by atoms with Crippen LogP contribution >= 0.6 is 0 Å². The second-order valence-corrected chi connectivity index (χ2v) is 23.3.